The number of nitrogens with zero attached hydrogens (tertiary/aromatic N) is 1. The van der Waals surface area contributed by atoms with Crippen molar-refractivity contribution in [1.82, 2.24) is 4.98 Å². The quantitative estimate of drug-likeness (QED) is 0.690. The van der Waals surface area contributed by atoms with Crippen LogP contribution in [0.1, 0.15) is 27.7 Å². The van der Waals surface area contributed by atoms with Crippen LogP contribution in [0.2, 0.25) is 0 Å². The van der Waals surface area contributed by atoms with Crippen LogP contribution in [-0.2, 0) is 0 Å². The van der Waals surface area contributed by atoms with E-state index in [1.54, 1.807) is 12.5 Å². The van der Waals surface area contributed by atoms with E-state index in [1.165, 1.54) is 0 Å². The van der Waals surface area contributed by atoms with Crippen LogP contribution < -0.4 is 0 Å². The largest absolute Gasteiger partial charge is 0.463 e. The van der Waals surface area contributed by atoms with Crippen LogP contribution in [-0.4, -0.2) is 4.98 Å². The van der Waals surface area contributed by atoms with Crippen molar-refractivity contribution < 1.29 is 4.42 Å². The van der Waals surface area contributed by atoms with Crippen LogP contribution in [0.15, 0.2) is 47.2 Å². The van der Waals surface area contributed by atoms with Crippen molar-refractivity contribution in [3.63, 3.8) is 0 Å². The summed E-state index contributed by atoms with van der Waals surface area (Å²) in [6, 6.07) is 9.47. The third-order valence-electron chi connectivity index (χ3n) is 1.44. The standard InChI is InChI=1S/C9H7NO.2C2H6/c1-2-6-10-8(4-1)9-5-3-7-11-9;2*1-2/h1-7H;2*1-2H3. The minimum Gasteiger partial charge on any atom is -0.463 e. The summed E-state index contributed by atoms with van der Waals surface area (Å²) in [5.74, 6) is 0.811. The van der Waals surface area contributed by atoms with Crippen LogP contribution in [0.4, 0.5) is 0 Å². The number of pyridine rings is 1. The zero-order valence-electron chi connectivity index (χ0n) is 9.90. The van der Waals surface area contributed by atoms with Gasteiger partial charge in [0.25, 0.3) is 0 Å². The first-order chi connectivity index (χ1) is 7.47. The van der Waals surface area contributed by atoms with Gasteiger partial charge >= 0.3 is 0 Å². The van der Waals surface area contributed by atoms with Gasteiger partial charge in [-0.05, 0) is 24.3 Å². The molecular formula is C13H19NO. The van der Waals surface area contributed by atoms with Gasteiger partial charge < -0.3 is 4.42 Å². The Kier molecular flexibility index (Phi) is 8.06. The normalized spacial score (nSPS) is 8.00. The van der Waals surface area contributed by atoms with Crippen LogP contribution >= 0.6 is 0 Å². The van der Waals surface area contributed by atoms with Crippen molar-refractivity contribution in [2.24, 2.45) is 0 Å². The minimum absolute atomic E-state index is 0.811. The van der Waals surface area contributed by atoms with Gasteiger partial charge in [-0.1, -0.05) is 33.8 Å². The molecule has 0 fully saturated rings. The van der Waals surface area contributed by atoms with E-state index in [1.807, 2.05) is 58.0 Å². The molecule has 2 heteroatoms. The Bertz CT molecular complexity index is 314. The van der Waals surface area contributed by atoms with Gasteiger partial charge in [0.2, 0.25) is 0 Å². The van der Waals surface area contributed by atoms with E-state index >= 15 is 0 Å². The summed E-state index contributed by atoms with van der Waals surface area (Å²) >= 11 is 0. The molecule has 0 aliphatic heterocycles. The minimum atomic E-state index is 0.811. The van der Waals surface area contributed by atoms with Crippen LogP contribution in [0.25, 0.3) is 11.5 Å². The van der Waals surface area contributed by atoms with Crippen molar-refractivity contribution >= 4 is 0 Å². The van der Waals surface area contributed by atoms with Gasteiger partial charge in [0.05, 0.1) is 6.26 Å². The smallest absolute Gasteiger partial charge is 0.152 e. The second-order valence-corrected chi connectivity index (χ2v) is 2.19. The van der Waals surface area contributed by atoms with E-state index in [9.17, 15) is 0 Å². The van der Waals surface area contributed by atoms with Gasteiger partial charge in [-0.25, -0.2) is 0 Å². The second kappa shape index (κ2) is 9.00. The average molecular weight is 205 g/mol. The lowest BCUT2D eigenvalue weighted by atomic mass is 10.3. The van der Waals surface area contributed by atoms with E-state index < -0.39 is 0 Å². The molecule has 0 bridgehead atoms. The Morgan fingerprint density at radius 3 is 2.13 bits per heavy atom. The van der Waals surface area contributed by atoms with Gasteiger partial charge in [0.15, 0.2) is 5.76 Å². The fourth-order valence-corrected chi connectivity index (χ4v) is 0.933. The molecule has 0 aromatic carbocycles. The Hall–Kier alpha value is -1.57. The molecule has 2 nitrogen and oxygen atoms in total. The predicted octanol–water partition coefficient (Wildman–Crippen LogP) is 4.39. The summed E-state index contributed by atoms with van der Waals surface area (Å²) < 4.78 is 5.16. The highest BCUT2D eigenvalue weighted by molar-refractivity contribution is 5.50. The van der Waals surface area contributed by atoms with Gasteiger partial charge in [0, 0.05) is 6.20 Å². The Morgan fingerprint density at radius 1 is 0.933 bits per heavy atom. The summed E-state index contributed by atoms with van der Waals surface area (Å²) in [6.07, 6.45) is 3.39. The summed E-state index contributed by atoms with van der Waals surface area (Å²) in [5, 5.41) is 0. The zero-order valence-corrected chi connectivity index (χ0v) is 9.90. The van der Waals surface area contributed by atoms with E-state index in [4.69, 9.17) is 4.42 Å². The van der Waals surface area contributed by atoms with Gasteiger partial charge in [0.1, 0.15) is 5.69 Å². The maximum Gasteiger partial charge on any atom is 0.152 e. The molecule has 0 aliphatic carbocycles. The lowest BCUT2D eigenvalue weighted by Crippen LogP contribution is -1.76. The molecule has 0 radical (unpaired) electrons. The monoisotopic (exact) mass is 205 g/mol. The molecular weight excluding hydrogens is 186 g/mol. The topological polar surface area (TPSA) is 26.0 Å². The average Bonchev–Trinajstić information content (AvgIpc) is 2.89. The zero-order chi connectivity index (χ0) is 11.5. The molecule has 2 rings (SSSR count). The molecule has 2 aromatic rings. The summed E-state index contributed by atoms with van der Waals surface area (Å²) in [7, 11) is 0. The lowest BCUT2D eigenvalue weighted by molar-refractivity contribution is 0.580. The fraction of sp³-hybridized carbons (Fsp3) is 0.308. The highest BCUT2D eigenvalue weighted by Crippen LogP contribution is 2.15. The van der Waals surface area contributed by atoms with Crippen LogP contribution in [0.5, 0.6) is 0 Å². The molecule has 0 spiro atoms. The van der Waals surface area contributed by atoms with E-state index in [0.29, 0.717) is 0 Å². The molecule has 0 N–H and O–H groups in total. The Balaban J connectivity index is 0.000000442. The van der Waals surface area contributed by atoms with Crippen LogP contribution in [0, 0.1) is 0 Å². The van der Waals surface area contributed by atoms with Crippen molar-refractivity contribution in [2.45, 2.75) is 27.7 Å². The number of rotatable bonds is 1. The highest BCUT2D eigenvalue weighted by atomic mass is 16.3. The Labute approximate surface area is 92.0 Å². The predicted molar refractivity (Wildman–Crippen MR) is 64.6 cm³/mol. The van der Waals surface area contributed by atoms with Gasteiger partial charge in [-0.2, -0.15) is 0 Å². The molecule has 2 aromatic heterocycles. The molecule has 0 aliphatic rings. The number of furan rings is 1. The SMILES string of the molecule is CC.CC.c1ccc(-c2ccco2)nc1. The van der Waals surface area contributed by atoms with Crippen molar-refractivity contribution in [2.75, 3.05) is 0 Å². The second-order valence-electron chi connectivity index (χ2n) is 2.19. The van der Waals surface area contributed by atoms with E-state index in [-0.39, 0.29) is 0 Å². The van der Waals surface area contributed by atoms with Crippen molar-refractivity contribution in [3.8, 4) is 11.5 Å². The van der Waals surface area contributed by atoms with Crippen molar-refractivity contribution in [1.29, 1.82) is 0 Å². The summed E-state index contributed by atoms with van der Waals surface area (Å²) in [5.41, 5.74) is 0.873. The number of aromatic nitrogens is 1. The first-order valence-electron chi connectivity index (χ1n) is 5.42. The third-order valence-corrected chi connectivity index (χ3v) is 1.44. The van der Waals surface area contributed by atoms with Crippen molar-refractivity contribution in [3.05, 3.63) is 42.8 Å². The molecule has 0 amide bonds. The molecule has 0 saturated heterocycles. The van der Waals surface area contributed by atoms with Gasteiger partial charge in [-0.15, -0.1) is 0 Å². The molecule has 0 unspecified atom stereocenters. The highest BCUT2D eigenvalue weighted by Gasteiger charge is 1.97. The van der Waals surface area contributed by atoms with Crippen LogP contribution in [0.3, 0.4) is 0 Å². The summed E-state index contributed by atoms with van der Waals surface area (Å²) in [4.78, 5) is 4.13. The molecule has 2 heterocycles. The number of hydrogen-bond acceptors (Lipinski definition) is 2. The number of hydrogen-bond donors (Lipinski definition) is 0. The van der Waals surface area contributed by atoms with Gasteiger partial charge in [-0.3, -0.25) is 4.98 Å². The first-order valence-corrected chi connectivity index (χ1v) is 5.42. The van der Waals surface area contributed by atoms with E-state index in [0.717, 1.165) is 11.5 Å². The molecule has 15 heavy (non-hydrogen) atoms. The summed E-state index contributed by atoms with van der Waals surface area (Å²) in [6.45, 7) is 8.00. The maximum atomic E-state index is 5.16. The molecule has 0 atom stereocenters. The molecule has 82 valence electrons. The Morgan fingerprint density at radius 2 is 1.67 bits per heavy atom. The van der Waals surface area contributed by atoms with E-state index in [2.05, 4.69) is 4.98 Å². The third kappa shape index (κ3) is 4.45. The lowest BCUT2D eigenvalue weighted by Gasteiger charge is -1.91. The molecule has 0 saturated carbocycles. The maximum absolute atomic E-state index is 5.16. The first kappa shape index (κ1) is 13.4. The fourth-order valence-electron chi connectivity index (χ4n) is 0.933.